The second-order valence-corrected chi connectivity index (χ2v) is 25.3. The highest BCUT2D eigenvalue weighted by atomic mass is 32.1. The number of para-hydroxylation sites is 3. The van der Waals surface area contributed by atoms with Crippen LogP contribution in [0.1, 0.15) is 0 Å². The van der Waals surface area contributed by atoms with E-state index in [1.165, 1.54) is 108 Å². The minimum Gasteiger partial charge on any atom is -0.311 e. The van der Waals surface area contributed by atoms with E-state index in [4.69, 9.17) is 0 Å². The molecule has 0 spiro atoms. The summed E-state index contributed by atoms with van der Waals surface area (Å²) in [5.74, 6) is 0. The molecule has 0 bridgehead atoms. The molecule has 0 saturated heterocycles. The molecule has 0 fully saturated rings. The molecule has 0 amide bonds. The fourth-order valence-electron chi connectivity index (χ4n) is 15.4. The zero-order chi connectivity index (χ0) is 59.7. The summed E-state index contributed by atoms with van der Waals surface area (Å²) in [6.07, 6.45) is 0. The Morgan fingerprint density at radius 1 is 0.297 bits per heavy atom. The molecule has 0 aliphatic carbocycles. The van der Waals surface area contributed by atoms with E-state index in [0.717, 1.165) is 67.8 Å². The van der Waals surface area contributed by atoms with Crippen molar-refractivity contribution in [3.8, 4) is 44.5 Å². The first-order valence-corrected chi connectivity index (χ1v) is 32.2. The Morgan fingerprint density at radius 2 is 0.824 bits per heavy atom. The lowest BCUT2D eigenvalue weighted by Crippen LogP contribution is -2.60. The zero-order valence-electron chi connectivity index (χ0n) is 49.5. The van der Waals surface area contributed by atoms with Crippen molar-refractivity contribution < 1.29 is 0 Å². The van der Waals surface area contributed by atoms with E-state index >= 15 is 0 Å². The molecular weight excluding hydrogens is 1120 g/mol. The standard InChI is InChI=1S/C86H54BN3S/c1-4-22-55(23-5-1)67-34-14-17-39-74(67)89-77-54-66(88(65-32-8-3-9-33-65)76-49-45-59-43-42-57-28-20-29-58-44-47-71(76)83(59)81(57)58)46-48-73(77)87-84-78(89)52-64(60-30-21-31-63(50-60)82-69-36-12-10-26-61(69)51-62-27-11-13-37-70(62)82)53-79(84)90(85-72-38-16-19-41-80(72)91-86(85)87)75-40-18-15-35-68(75)56-24-6-2-7-25-56/h1-54H. The quantitative estimate of drug-likeness (QED) is 0.0810. The molecule has 16 aromatic carbocycles. The number of hydrogen-bond donors (Lipinski definition) is 0. The summed E-state index contributed by atoms with van der Waals surface area (Å²) in [7, 11) is 0. The van der Waals surface area contributed by atoms with E-state index in [1.807, 2.05) is 11.3 Å². The summed E-state index contributed by atoms with van der Waals surface area (Å²) in [5, 5.41) is 13.7. The predicted molar refractivity (Wildman–Crippen MR) is 391 cm³/mol. The molecule has 422 valence electrons. The van der Waals surface area contributed by atoms with Crippen molar-refractivity contribution >= 4 is 149 Å². The van der Waals surface area contributed by atoms with Gasteiger partial charge in [-0.2, -0.15) is 0 Å². The van der Waals surface area contributed by atoms with Crippen LogP contribution in [0.2, 0.25) is 0 Å². The van der Waals surface area contributed by atoms with Crippen molar-refractivity contribution in [2.75, 3.05) is 14.7 Å². The van der Waals surface area contributed by atoms with Gasteiger partial charge in [0.1, 0.15) is 0 Å². The molecule has 19 rings (SSSR count). The van der Waals surface area contributed by atoms with Crippen LogP contribution in [0.15, 0.2) is 328 Å². The number of rotatable bonds is 9. The third-order valence-electron chi connectivity index (χ3n) is 19.3. The Kier molecular flexibility index (Phi) is 11.6. The second-order valence-electron chi connectivity index (χ2n) is 24.2. The lowest BCUT2D eigenvalue weighted by atomic mass is 9.36. The average molecular weight is 1170 g/mol. The van der Waals surface area contributed by atoms with Crippen LogP contribution in [0, 0.1) is 0 Å². The molecule has 0 atom stereocenters. The summed E-state index contributed by atoms with van der Waals surface area (Å²) in [6, 6.07) is 123. The van der Waals surface area contributed by atoms with Gasteiger partial charge in [0.15, 0.2) is 0 Å². The number of thiophene rings is 1. The number of anilines is 9. The summed E-state index contributed by atoms with van der Waals surface area (Å²) in [4.78, 5) is 7.78. The Hall–Kier alpha value is -11.5. The molecule has 0 radical (unpaired) electrons. The van der Waals surface area contributed by atoms with Gasteiger partial charge in [0.2, 0.25) is 0 Å². The topological polar surface area (TPSA) is 9.72 Å². The van der Waals surface area contributed by atoms with Crippen LogP contribution in [0.5, 0.6) is 0 Å². The molecule has 0 unspecified atom stereocenters. The molecule has 2 aliphatic heterocycles. The van der Waals surface area contributed by atoms with Crippen molar-refractivity contribution in [2.24, 2.45) is 0 Å². The van der Waals surface area contributed by atoms with Crippen LogP contribution in [0.25, 0.3) is 108 Å². The average Bonchev–Trinajstić information content (AvgIpc) is 1.69. The molecule has 3 heterocycles. The van der Waals surface area contributed by atoms with Crippen LogP contribution >= 0.6 is 11.3 Å². The van der Waals surface area contributed by atoms with Gasteiger partial charge in [-0.3, -0.25) is 0 Å². The van der Waals surface area contributed by atoms with Crippen LogP contribution in [-0.2, 0) is 0 Å². The van der Waals surface area contributed by atoms with Gasteiger partial charge < -0.3 is 14.7 Å². The Labute approximate surface area is 532 Å². The molecule has 0 N–H and O–H groups in total. The zero-order valence-corrected chi connectivity index (χ0v) is 50.3. The highest BCUT2D eigenvalue weighted by Gasteiger charge is 2.46. The molecule has 1 aromatic heterocycles. The van der Waals surface area contributed by atoms with E-state index in [-0.39, 0.29) is 6.71 Å². The highest BCUT2D eigenvalue weighted by Crippen LogP contribution is 2.54. The van der Waals surface area contributed by atoms with Gasteiger partial charge in [0, 0.05) is 59.8 Å². The molecule has 3 nitrogen and oxygen atoms in total. The number of hydrogen-bond acceptors (Lipinski definition) is 4. The highest BCUT2D eigenvalue weighted by molar-refractivity contribution is 7.33. The summed E-state index contributed by atoms with van der Waals surface area (Å²) < 4.78 is 2.59. The summed E-state index contributed by atoms with van der Waals surface area (Å²) in [5.41, 5.74) is 22.1. The first-order valence-electron chi connectivity index (χ1n) is 31.4. The largest absolute Gasteiger partial charge is 0.311 e. The maximum atomic E-state index is 2.64. The van der Waals surface area contributed by atoms with E-state index < -0.39 is 0 Å². The van der Waals surface area contributed by atoms with Crippen LogP contribution in [-0.4, -0.2) is 6.71 Å². The van der Waals surface area contributed by atoms with E-state index in [9.17, 15) is 0 Å². The predicted octanol–water partition coefficient (Wildman–Crippen LogP) is 22.3. The smallest absolute Gasteiger partial charge is 0.264 e. The van der Waals surface area contributed by atoms with E-state index in [1.54, 1.807) is 0 Å². The Balaban J connectivity index is 0.929. The summed E-state index contributed by atoms with van der Waals surface area (Å²) >= 11 is 1.94. The van der Waals surface area contributed by atoms with Crippen molar-refractivity contribution in [2.45, 2.75) is 0 Å². The monoisotopic (exact) mass is 1170 g/mol. The Bertz CT molecular complexity index is 5690. The SMILES string of the molecule is c1ccc(-c2ccccc2N2c3cc(N(c4ccccc4)c4ccc5ccc6cccc7ccc4c5c67)ccc3B3c4sc5ccccc5c4N(c4ccccc4-c4ccccc4)c4cc(-c5cccc(-c6c7ccccc7cc7ccccc67)c5)cc2c43)cc1. The van der Waals surface area contributed by atoms with Crippen LogP contribution in [0.4, 0.5) is 51.2 Å². The van der Waals surface area contributed by atoms with Crippen LogP contribution in [0.3, 0.4) is 0 Å². The fraction of sp³-hybridized carbons (Fsp3) is 0. The van der Waals surface area contributed by atoms with Crippen molar-refractivity contribution in [1.82, 2.24) is 0 Å². The number of benzene rings is 16. The molecule has 5 heteroatoms. The Morgan fingerprint density at radius 3 is 1.53 bits per heavy atom. The second kappa shape index (κ2) is 20.5. The van der Waals surface area contributed by atoms with Crippen molar-refractivity contribution in [3.05, 3.63) is 328 Å². The van der Waals surface area contributed by atoms with Crippen molar-refractivity contribution in [3.63, 3.8) is 0 Å². The van der Waals surface area contributed by atoms with E-state index in [0.29, 0.717) is 0 Å². The minimum absolute atomic E-state index is 0.135. The van der Waals surface area contributed by atoms with Gasteiger partial charge in [0.25, 0.3) is 6.71 Å². The van der Waals surface area contributed by atoms with Gasteiger partial charge in [-0.15, -0.1) is 11.3 Å². The van der Waals surface area contributed by atoms with Crippen molar-refractivity contribution in [1.29, 1.82) is 0 Å². The normalized spacial score (nSPS) is 12.5. The van der Waals surface area contributed by atoms with Gasteiger partial charge in [-0.05, 0) is 166 Å². The number of fused-ring (bicyclic) bond motifs is 8. The first kappa shape index (κ1) is 51.5. The molecule has 91 heavy (non-hydrogen) atoms. The maximum absolute atomic E-state index is 2.64. The van der Waals surface area contributed by atoms with Gasteiger partial charge in [-0.1, -0.05) is 255 Å². The lowest BCUT2D eigenvalue weighted by molar-refractivity contribution is 1.25. The fourth-order valence-corrected chi connectivity index (χ4v) is 16.7. The molecular formula is C86H54BN3S. The molecule has 2 aliphatic rings. The lowest BCUT2D eigenvalue weighted by Gasteiger charge is -2.44. The van der Waals surface area contributed by atoms with Gasteiger partial charge in [0.05, 0.1) is 22.7 Å². The molecule has 0 saturated carbocycles. The molecule has 17 aromatic rings. The third kappa shape index (κ3) is 8.01. The third-order valence-corrected chi connectivity index (χ3v) is 20.5. The summed E-state index contributed by atoms with van der Waals surface area (Å²) in [6.45, 7) is -0.135. The van der Waals surface area contributed by atoms with E-state index in [2.05, 4.69) is 342 Å². The first-order chi connectivity index (χ1) is 45.2. The number of nitrogens with zero attached hydrogens (tertiary/aromatic N) is 3. The van der Waals surface area contributed by atoms with Gasteiger partial charge >= 0.3 is 0 Å². The van der Waals surface area contributed by atoms with Gasteiger partial charge in [-0.25, -0.2) is 0 Å². The minimum atomic E-state index is -0.135. The van der Waals surface area contributed by atoms with Crippen LogP contribution < -0.4 is 30.4 Å². The maximum Gasteiger partial charge on any atom is 0.264 e.